The van der Waals surface area contributed by atoms with Gasteiger partial charge in [0.1, 0.15) is 5.82 Å². The van der Waals surface area contributed by atoms with Crippen LogP contribution in [0.15, 0.2) is 71.5 Å². The first-order chi connectivity index (χ1) is 19.8. The van der Waals surface area contributed by atoms with Crippen molar-refractivity contribution in [2.75, 3.05) is 18.5 Å². The number of hydrogen-bond donors (Lipinski definition) is 1. The van der Waals surface area contributed by atoms with E-state index >= 15 is 0 Å². The van der Waals surface area contributed by atoms with Gasteiger partial charge in [-0.25, -0.2) is 14.6 Å². The predicted molar refractivity (Wildman–Crippen MR) is 163 cm³/mol. The fourth-order valence-corrected chi connectivity index (χ4v) is 5.07. The Morgan fingerprint density at radius 1 is 1.05 bits per heavy atom. The van der Waals surface area contributed by atoms with Crippen molar-refractivity contribution in [2.45, 2.75) is 53.0 Å². The summed E-state index contributed by atoms with van der Waals surface area (Å²) in [7, 11) is 0. The summed E-state index contributed by atoms with van der Waals surface area (Å²) in [6.45, 7) is 8.43. The van der Waals surface area contributed by atoms with Crippen LogP contribution in [-0.4, -0.2) is 39.6 Å². The Morgan fingerprint density at radius 3 is 2.44 bits per heavy atom. The lowest BCUT2D eigenvalue weighted by Crippen LogP contribution is -2.41. The van der Waals surface area contributed by atoms with Crippen LogP contribution >= 0.6 is 11.6 Å². The summed E-state index contributed by atoms with van der Waals surface area (Å²) in [6.07, 6.45) is 2.17. The normalized spacial score (nSPS) is 11.7. The van der Waals surface area contributed by atoms with Crippen LogP contribution in [0.1, 0.15) is 67.8 Å². The van der Waals surface area contributed by atoms with E-state index in [1.807, 2.05) is 44.2 Å². The molecule has 41 heavy (non-hydrogen) atoms. The van der Waals surface area contributed by atoms with Gasteiger partial charge in [-0.2, -0.15) is 0 Å². The number of carbonyl (C=O) groups is 2. The van der Waals surface area contributed by atoms with Gasteiger partial charge in [-0.05, 0) is 86.8 Å². The van der Waals surface area contributed by atoms with Gasteiger partial charge in [0, 0.05) is 17.3 Å². The number of aromatic nitrogens is 2. The van der Waals surface area contributed by atoms with Crippen molar-refractivity contribution < 1.29 is 14.3 Å². The lowest BCUT2D eigenvalue weighted by Gasteiger charge is -2.32. The van der Waals surface area contributed by atoms with E-state index in [1.165, 1.54) is 0 Å². The van der Waals surface area contributed by atoms with Crippen molar-refractivity contribution in [1.29, 1.82) is 0 Å². The van der Waals surface area contributed by atoms with Gasteiger partial charge >= 0.3 is 12.0 Å². The molecule has 1 N–H and O–H groups in total. The highest BCUT2D eigenvalue weighted by Gasteiger charge is 2.29. The number of nitrogens with one attached hydrogen (secondary N) is 1. The number of unbranched alkanes of at least 4 members (excludes halogenated alkanes) is 1. The van der Waals surface area contributed by atoms with Crippen molar-refractivity contribution in [2.24, 2.45) is 0 Å². The van der Waals surface area contributed by atoms with Crippen LogP contribution in [0, 0.1) is 6.92 Å². The molecule has 0 aliphatic carbocycles. The minimum absolute atomic E-state index is 0.208. The summed E-state index contributed by atoms with van der Waals surface area (Å²) in [5.41, 5.74) is 2.79. The maximum atomic E-state index is 14.0. The lowest BCUT2D eigenvalue weighted by atomic mass is 10.1. The maximum Gasteiger partial charge on any atom is 0.338 e. The molecule has 2 amide bonds. The third-order valence-corrected chi connectivity index (χ3v) is 7.16. The zero-order chi connectivity index (χ0) is 29.5. The van der Waals surface area contributed by atoms with E-state index in [4.69, 9.17) is 21.3 Å². The minimum atomic E-state index is -0.507. The molecule has 0 spiro atoms. The zero-order valence-corrected chi connectivity index (χ0v) is 24.6. The Kier molecular flexibility index (Phi) is 9.78. The molecule has 3 aromatic carbocycles. The highest BCUT2D eigenvalue weighted by Crippen LogP contribution is 2.29. The third kappa shape index (κ3) is 6.60. The number of benzene rings is 3. The second-order valence-electron chi connectivity index (χ2n) is 9.76. The summed E-state index contributed by atoms with van der Waals surface area (Å²) in [5.74, 6) is 0.0596. The molecule has 0 saturated heterocycles. The van der Waals surface area contributed by atoms with Crippen molar-refractivity contribution in [1.82, 2.24) is 14.5 Å². The molecule has 1 aromatic heterocycles. The van der Waals surface area contributed by atoms with Gasteiger partial charge in [-0.15, -0.1) is 0 Å². The quantitative estimate of drug-likeness (QED) is 0.200. The molecule has 214 valence electrons. The number of halogens is 1. The lowest BCUT2D eigenvalue weighted by molar-refractivity contribution is 0.0526. The molecule has 1 atom stereocenters. The van der Waals surface area contributed by atoms with E-state index in [0.717, 1.165) is 18.4 Å². The molecule has 0 bridgehead atoms. The van der Waals surface area contributed by atoms with E-state index in [9.17, 15) is 14.4 Å². The first-order valence-electron chi connectivity index (χ1n) is 13.9. The second kappa shape index (κ2) is 13.5. The highest BCUT2D eigenvalue weighted by atomic mass is 35.5. The number of hydrogen-bond acceptors (Lipinski definition) is 5. The average Bonchev–Trinajstić information content (AvgIpc) is 2.96. The molecule has 0 fully saturated rings. The van der Waals surface area contributed by atoms with Gasteiger partial charge in [0.05, 0.1) is 34.8 Å². The van der Waals surface area contributed by atoms with Gasteiger partial charge in [0.25, 0.3) is 5.56 Å². The number of fused-ring (bicyclic) bond motifs is 1. The molecule has 0 radical (unpaired) electrons. The molecule has 8 nitrogen and oxygen atoms in total. The molecule has 1 heterocycles. The van der Waals surface area contributed by atoms with Gasteiger partial charge in [0.15, 0.2) is 0 Å². The monoisotopic (exact) mass is 574 g/mol. The van der Waals surface area contributed by atoms with Crippen LogP contribution in [0.3, 0.4) is 0 Å². The van der Waals surface area contributed by atoms with Crippen LogP contribution in [-0.2, 0) is 4.74 Å². The van der Waals surface area contributed by atoms with Crippen LogP contribution in [0.5, 0.6) is 0 Å². The highest BCUT2D eigenvalue weighted by molar-refractivity contribution is 6.30. The Bertz CT molecular complexity index is 1600. The Morgan fingerprint density at radius 2 is 1.78 bits per heavy atom. The largest absolute Gasteiger partial charge is 0.462 e. The van der Waals surface area contributed by atoms with Crippen molar-refractivity contribution in [3.8, 4) is 5.69 Å². The Labute approximate surface area is 244 Å². The van der Waals surface area contributed by atoms with Gasteiger partial charge < -0.3 is 15.0 Å². The zero-order valence-electron chi connectivity index (χ0n) is 23.8. The Balaban J connectivity index is 1.79. The van der Waals surface area contributed by atoms with E-state index in [2.05, 4.69) is 12.2 Å². The first-order valence-corrected chi connectivity index (χ1v) is 14.3. The molecular formula is C32H35ClN4O4. The molecule has 0 aliphatic rings. The number of anilines is 1. The van der Waals surface area contributed by atoms with E-state index in [0.29, 0.717) is 51.7 Å². The summed E-state index contributed by atoms with van der Waals surface area (Å²) < 4.78 is 6.67. The smallest absolute Gasteiger partial charge is 0.338 e. The molecule has 4 rings (SSSR count). The Hall–Kier alpha value is -4.17. The number of aryl methyl sites for hydroxylation is 1. The number of rotatable bonds is 10. The summed E-state index contributed by atoms with van der Waals surface area (Å²) in [4.78, 5) is 46.5. The molecule has 4 aromatic rings. The fraction of sp³-hybridized carbons (Fsp3) is 0.312. The molecule has 9 heteroatoms. The number of urea groups is 1. The number of para-hydroxylation sites is 1. The standard InChI is InChI=1S/C32H35ClN4O4/c1-5-8-19-36(32(40)34-24-16-13-22(14-17-24)31(39)41-7-3)27(6-2)29-35-26-12-10-9-11-25(26)30(38)37(29)28-18-15-23(33)20-21(28)4/h9-18,20,27H,5-8,19H2,1-4H3,(H,34,40). The van der Waals surface area contributed by atoms with Crippen LogP contribution in [0.4, 0.5) is 10.5 Å². The first kappa shape index (κ1) is 29.8. The number of ether oxygens (including phenoxy) is 1. The number of carbonyl (C=O) groups excluding carboxylic acids is 2. The molecule has 0 aliphatic heterocycles. The third-order valence-electron chi connectivity index (χ3n) is 6.92. The maximum absolute atomic E-state index is 14.0. The van der Waals surface area contributed by atoms with E-state index in [1.54, 1.807) is 52.8 Å². The van der Waals surface area contributed by atoms with Crippen molar-refractivity contribution >= 4 is 40.2 Å². The predicted octanol–water partition coefficient (Wildman–Crippen LogP) is 7.31. The SMILES string of the molecule is CCCCN(C(=O)Nc1ccc(C(=O)OCC)cc1)C(CC)c1nc2ccccc2c(=O)n1-c1ccc(Cl)cc1C. The topological polar surface area (TPSA) is 93.5 Å². The second-order valence-corrected chi connectivity index (χ2v) is 10.2. The fourth-order valence-electron chi connectivity index (χ4n) is 4.85. The average molecular weight is 575 g/mol. The minimum Gasteiger partial charge on any atom is -0.462 e. The molecular weight excluding hydrogens is 540 g/mol. The van der Waals surface area contributed by atoms with Crippen molar-refractivity contribution in [3.05, 3.63) is 99.1 Å². The molecule has 0 saturated carbocycles. The van der Waals surface area contributed by atoms with Gasteiger partial charge in [-0.3, -0.25) is 9.36 Å². The van der Waals surface area contributed by atoms with Gasteiger partial charge in [-0.1, -0.05) is 44.0 Å². The summed E-state index contributed by atoms with van der Waals surface area (Å²) in [5, 5.41) is 4.03. The number of esters is 1. The van der Waals surface area contributed by atoms with Crippen LogP contribution in [0.25, 0.3) is 16.6 Å². The summed E-state index contributed by atoms with van der Waals surface area (Å²) >= 11 is 6.25. The van der Waals surface area contributed by atoms with E-state index < -0.39 is 12.0 Å². The van der Waals surface area contributed by atoms with Crippen molar-refractivity contribution in [3.63, 3.8) is 0 Å². The number of nitrogens with zero attached hydrogens (tertiary/aromatic N) is 3. The van der Waals surface area contributed by atoms with Crippen LogP contribution < -0.4 is 10.9 Å². The summed E-state index contributed by atoms with van der Waals surface area (Å²) in [6, 6.07) is 18.4. The van der Waals surface area contributed by atoms with Crippen LogP contribution in [0.2, 0.25) is 5.02 Å². The van der Waals surface area contributed by atoms with Gasteiger partial charge in [0.2, 0.25) is 0 Å². The molecule has 1 unspecified atom stereocenters. The van der Waals surface area contributed by atoms with E-state index in [-0.39, 0.29) is 18.2 Å². The number of amides is 2.